The molecule has 0 saturated heterocycles. The van der Waals surface area contributed by atoms with Gasteiger partial charge in [-0.1, -0.05) is 63.6 Å². The normalized spacial score (nSPS) is 14.5. The summed E-state index contributed by atoms with van der Waals surface area (Å²) in [5, 5.41) is 5.01. The van der Waals surface area contributed by atoms with E-state index in [1.807, 2.05) is 32.9 Å². The molecule has 35 heavy (non-hydrogen) atoms. The fourth-order valence-electron chi connectivity index (χ4n) is 3.40. The van der Waals surface area contributed by atoms with Gasteiger partial charge in [0.25, 0.3) is 0 Å². The Morgan fingerprint density at radius 1 is 1.14 bits per heavy atom. The second-order valence-electron chi connectivity index (χ2n) is 9.41. The van der Waals surface area contributed by atoms with E-state index in [1.165, 1.54) is 5.56 Å². The van der Waals surface area contributed by atoms with E-state index in [0.717, 1.165) is 5.56 Å². The van der Waals surface area contributed by atoms with Crippen molar-refractivity contribution in [3.05, 3.63) is 51.8 Å². The second kappa shape index (κ2) is 12.2. The quantitative estimate of drug-likeness (QED) is 0.159. The summed E-state index contributed by atoms with van der Waals surface area (Å²) in [5.41, 5.74) is 4.05. The second-order valence-corrected chi connectivity index (χ2v) is 9.79. The number of benzene rings is 1. The summed E-state index contributed by atoms with van der Waals surface area (Å²) < 4.78 is 18.6. The molecule has 2 rings (SSSR count). The van der Waals surface area contributed by atoms with E-state index < -0.39 is 12.4 Å². The third kappa shape index (κ3) is 7.34. The number of allylic oxidation sites excluding steroid dienone is 1. The summed E-state index contributed by atoms with van der Waals surface area (Å²) in [4.78, 5) is 16.5. The van der Waals surface area contributed by atoms with Crippen LogP contribution in [0.2, 0.25) is 5.02 Å². The molecular formula is C27H38ClN3O4. The summed E-state index contributed by atoms with van der Waals surface area (Å²) in [6.07, 6.45) is 0.392. The Morgan fingerprint density at radius 3 is 2.29 bits per heavy atom. The van der Waals surface area contributed by atoms with Crippen LogP contribution in [0.3, 0.4) is 0 Å². The molecule has 0 saturated carbocycles. The first-order chi connectivity index (χ1) is 16.4. The van der Waals surface area contributed by atoms with E-state index in [4.69, 9.17) is 25.8 Å². The minimum absolute atomic E-state index is 0.0141. The molecule has 8 heteroatoms. The lowest BCUT2D eigenvalue weighted by Crippen LogP contribution is -2.23. The van der Waals surface area contributed by atoms with Gasteiger partial charge in [0.1, 0.15) is 11.8 Å². The number of aliphatic imine (C=N–C) groups is 1. The van der Waals surface area contributed by atoms with E-state index in [9.17, 15) is 4.79 Å². The molecule has 192 valence electrons. The Morgan fingerprint density at radius 2 is 1.77 bits per heavy atom. The van der Waals surface area contributed by atoms with E-state index >= 15 is 0 Å². The third-order valence-electron chi connectivity index (χ3n) is 5.55. The summed E-state index contributed by atoms with van der Waals surface area (Å²) in [6, 6.07) is 8.22. The van der Waals surface area contributed by atoms with Crippen LogP contribution < -0.4 is 0 Å². The first-order valence-electron chi connectivity index (χ1n) is 12.0. The molecule has 7 nitrogen and oxygen atoms in total. The highest BCUT2D eigenvalue weighted by atomic mass is 35.5. The van der Waals surface area contributed by atoms with Crippen LogP contribution in [-0.4, -0.2) is 41.6 Å². The number of carbonyl (C=O) groups is 1. The number of ether oxygens (including phenoxy) is 3. The Bertz CT molecular complexity index is 1070. The van der Waals surface area contributed by atoms with Crippen molar-refractivity contribution in [2.45, 2.75) is 86.2 Å². The van der Waals surface area contributed by atoms with Crippen LogP contribution in [-0.2, 0) is 26.2 Å². The van der Waals surface area contributed by atoms with Gasteiger partial charge >= 0.3 is 6.16 Å². The molecule has 2 aromatic rings. The molecule has 0 N–H and O–H groups in total. The zero-order chi connectivity index (χ0) is 26.3. The Balaban J connectivity index is 2.63. The lowest BCUT2D eigenvalue weighted by molar-refractivity contribution is -0.0753. The zero-order valence-electron chi connectivity index (χ0n) is 22.3. The Labute approximate surface area is 214 Å². The lowest BCUT2D eigenvalue weighted by Gasteiger charge is -2.22. The van der Waals surface area contributed by atoms with Crippen molar-refractivity contribution >= 4 is 35.3 Å². The number of aromatic nitrogens is 2. The van der Waals surface area contributed by atoms with Gasteiger partial charge in [-0.15, -0.1) is 0 Å². The van der Waals surface area contributed by atoms with Crippen molar-refractivity contribution in [3.63, 3.8) is 0 Å². The van der Waals surface area contributed by atoms with E-state index in [1.54, 1.807) is 31.8 Å². The zero-order valence-corrected chi connectivity index (χ0v) is 23.1. The third-order valence-corrected chi connectivity index (χ3v) is 6.00. The lowest BCUT2D eigenvalue weighted by atomic mass is 9.86. The average Bonchev–Trinajstić information content (AvgIpc) is 3.08. The van der Waals surface area contributed by atoms with Crippen molar-refractivity contribution in [1.29, 1.82) is 0 Å². The maximum Gasteiger partial charge on any atom is 0.511 e. The fraction of sp³-hybridized carbons (Fsp3) is 0.519. The molecule has 1 heterocycles. The fourth-order valence-corrected chi connectivity index (χ4v) is 3.62. The van der Waals surface area contributed by atoms with Crippen molar-refractivity contribution in [2.75, 3.05) is 7.05 Å². The highest BCUT2D eigenvalue weighted by Gasteiger charge is 2.26. The molecule has 1 aromatic carbocycles. The van der Waals surface area contributed by atoms with E-state index in [0.29, 0.717) is 40.7 Å². The summed E-state index contributed by atoms with van der Waals surface area (Å²) in [5.74, 6) is 0.412. The maximum atomic E-state index is 12.2. The van der Waals surface area contributed by atoms with Gasteiger partial charge in [-0.25, -0.2) is 4.79 Å². The van der Waals surface area contributed by atoms with Crippen LogP contribution in [0.25, 0.3) is 11.3 Å². The number of nitrogens with zero attached hydrogens (tertiary/aromatic N) is 3. The van der Waals surface area contributed by atoms with Crippen molar-refractivity contribution in [2.24, 2.45) is 4.99 Å². The molecule has 0 radical (unpaired) electrons. The number of aryl methyl sites for hydroxylation is 2. The SMILES string of the molecule is CCC(C)OC(=O)OC(C)O/C(=C(/C=NC)c1ccc(C(C)(C)C)cc1)c1c(Cl)c(C)nn1CC. The first-order valence-corrected chi connectivity index (χ1v) is 12.3. The highest BCUT2D eigenvalue weighted by Crippen LogP contribution is 2.35. The van der Waals surface area contributed by atoms with Crippen LogP contribution in [0.4, 0.5) is 4.79 Å². The van der Waals surface area contributed by atoms with Crippen LogP contribution in [0.5, 0.6) is 0 Å². The van der Waals surface area contributed by atoms with Crippen LogP contribution in [0.1, 0.15) is 77.4 Å². The molecule has 2 atom stereocenters. The average molecular weight is 504 g/mol. The molecule has 0 fully saturated rings. The summed E-state index contributed by atoms with van der Waals surface area (Å²) in [7, 11) is 1.69. The minimum atomic E-state index is -0.952. The predicted molar refractivity (Wildman–Crippen MR) is 142 cm³/mol. The minimum Gasteiger partial charge on any atom is -0.452 e. The van der Waals surface area contributed by atoms with Gasteiger partial charge < -0.3 is 14.2 Å². The smallest absolute Gasteiger partial charge is 0.452 e. The maximum absolute atomic E-state index is 12.2. The highest BCUT2D eigenvalue weighted by molar-refractivity contribution is 6.33. The number of rotatable bonds is 9. The van der Waals surface area contributed by atoms with Gasteiger partial charge in [0.2, 0.25) is 6.29 Å². The molecule has 0 aliphatic heterocycles. The topological polar surface area (TPSA) is 74.9 Å². The molecule has 0 aliphatic carbocycles. The molecule has 2 unspecified atom stereocenters. The van der Waals surface area contributed by atoms with Crippen molar-refractivity contribution < 1.29 is 19.0 Å². The van der Waals surface area contributed by atoms with Crippen molar-refractivity contribution in [1.82, 2.24) is 9.78 Å². The van der Waals surface area contributed by atoms with Gasteiger partial charge in [0.05, 0.1) is 10.7 Å². The summed E-state index contributed by atoms with van der Waals surface area (Å²) >= 11 is 6.71. The van der Waals surface area contributed by atoms with Gasteiger partial charge in [0, 0.05) is 32.3 Å². The number of hydrogen-bond acceptors (Lipinski definition) is 6. The molecule has 0 spiro atoms. The summed E-state index contributed by atoms with van der Waals surface area (Å²) in [6.45, 7) is 16.2. The molecular weight excluding hydrogens is 466 g/mol. The van der Waals surface area contributed by atoms with E-state index in [-0.39, 0.29) is 11.5 Å². The standard InChI is InChI=1S/C27H38ClN3O4/c1-10-17(3)33-26(32)35-19(5)34-25(24-23(28)18(4)30-31(24)11-2)22(16-29-9)20-12-14-21(15-13-20)27(6,7)8/h12-17,19H,10-11H2,1-9H3/b25-22-,29-16?. The van der Waals surface area contributed by atoms with Crippen LogP contribution in [0, 0.1) is 6.92 Å². The molecule has 1 aromatic heterocycles. The predicted octanol–water partition coefficient (Wildman–Crippen LogP) is 7.05. The van der Waals surface area contributed by atoms with Crippen molar-refractivity contribution in [3.8, 4) is 0 Å². The van der Waals surface area contributed by atoms with Gasteiger partial charge in [-0.3, -0.25) is 9.67 Å². The first kappa shape index (κ1) is 28.4. The Hall–Kier alpha value is -2.80. The molecule has 0 amide bonds. The van der Waals surface area contributed by atoms with E-state index in [2.05, 4.69) is 43.0 Å². The molecule has 0 bridgehead atoms. The number of halogens is 1. The van der Waals surface area contributed by atoms with Crippen LogP contribution >= 0.6 is 11.6 Å². The Kier molecular flexibility index (Phi) is 9.95. The van der Waals surface area contributed by atoms with Gasteiger partial charge in [-0.2, -0.15) is 5.10 Å². The molecule has 0 aliphatic rings. The van der Waals surface area contributed by atoms with Gasteiger partial charge in [-0.05, 0) is 43.7 Å². The van der Waals surface area contributed by atoms with Crippen LogP contribution in [0.15, 0.2) is 29.3 Å². The van der Waals surface area contributed by atoms with Gasteiger partial charge in [0.15, 0.2) is 5.76 Å². The largest absolute Gasteiger partial charge is 0.511 e. The number of hydrogen-bond donors (Lipinski definition) is 0. The number of carbonyl (C=O) groups excluding carboxylic acids is 1. The monoisotopic (exact) mass is 503 g/mol.